The van der Waals surface area contributed by atoms with E-state index >= 15 is 0 Å². The van der Waals surface area contributed by atoms with Gasteiger partial charge in [-0.15, -0.1) is 0 Å². The van der Waals surface area contributed by atoms with Gasteiger partial charge in [0, 0.05) is 43.5 Å². The van der Waals surface area contributed by atoms with Gasteiger partial charge in [-0.2, -0.15) is 4.98 Å². The molecule has 9 nitrogen and oxygen atoms in total. The van der Waals surface area contributed by atoms with Gasteiger partial charge in [0.25, 0.3) is 11.8 Å². The molecule has 4 heterocycles. The molecule has 1 fully saturated rings. The number of anilines is 1. The summed E-state index contributed by atoms with van der Waals surface area (Å²) in [6, 6.07) is 21.9. The highest BCUT2D eigenvalue weighted by Crippen LogP contribution is 2.25. The van der Waals surface area contributed by atoms with Gasteiger partial charge in [-0.1, -0.05) is 47.6 Å². The predicted octanol–water partition coefficient (Wildman–Crippen LogP) is 5.17. The zero-order valence-corrected chi connectivity index (χ0v) is 22.5. The minimum absolute atomic E-state index is 0.242. The van der Waals surface area contributed by atoms with Crippen LogP contribution in [0.15, 0.2) is 83.6 Å². The molecular formula is C31H32N6O3. The lowest BCUT2D eigenvalue weighted by molar-refractivity contribution is 0.00676. The third kappa shape index (κ3) is 5.95. The number of nitrogens with zero attached hydrogens (tertiary/aromatic N) is 5. The molecule has 1 aliphatic heterocycles. The minimum atomic E-state index is -0.242. The van der Waals surface area contributed by atoms with Gasteiger partial charge in [0.15, 0.2) is 5.82 Å². The Hall–Kier alpha value is -4.34. The molecule has 1 N–H and O–H groups in total. The molecule has 1 amide bonds. The molecule has 0 saturated carbocycles. The van der Waals surface area contributed by atoms with Gasteiger partial charge in [0.05, 0.1) is 18.9 Å². The minimum Gasteiger partial charge on any atom is -0.378 e. The number of hydrogen-bond donors (Lipinski definition) is 1. The fraction of sp³-hybridized carbons (Fsp3) is 0.290. The van der Waals surface area contributed by atoms with E-state index in [2.05, 4.69) is 55.7 Å². The largest absolute Gasteiger partial charge is 0.378 e. The van der Waals surface area contributed by atoms with E-state index in [0.29, 0.717) is 41.8 Å². The first-order chi connectivity index (χ1) is 19.6. The van der Waals surface area contributed by atoms with Crippen LogP contribution in [0.1, 0.15) is 40.3 Å². The van der Waals surface area contributed by atoms with E-state index < -0.39 is 0 Å². The molecule has 40 heavy (non-hydrogen) atoms. The van der Waals surface area contributed by atoms with Crippen molar-refractivity contribution in [1.82, 2.24) is 24.4 Å². The SMILES string of the molecule is Cc1ccc(-c2nc(CCOC3CCN(Cc4ccccc4)CC3)no2)cc1NC(=O)c1cnc2ccccn12. The quantitative estimate of drug-likeness (QED) is 0.278. The topological polar surface area (TPSA) is 97.8 Å². The van der Waals surface area contributed by atoms with Crippen molar-refractivity contribution in [3.63, 3.8) is 0 Å². The molecule has 1 aliphatic rings. The maximum Gasteiger partial charge on any atom is 0.274 e. The van der Waals surface area contributed by atoms with E-state index in [1.807, 2.05) is 49.5 Å². The number of rotatable bonds is 9. The van der Waals surface area contributed by atoms with Gasteiger partial charge in [0.1, 0.15) is 11.3 Å². The third-order valence-electron chi connectivity index (χ3n) is 7.31. The van der Waals surface area contributed by atoms with Crippen molar-refractivity contribution >= 4 is 17.2 Å². The number of aromatic nitrogens is 4. The second-order valence-electron chi connectivity index (χ2n) is 10.2. The Morgan fingerprint density at radius 1 is 1.07 bits per heavy atom. The molecule has 6 rings (SSSR count). The number of imidazole rings is 1. The summed E-state index contributed by atoms with van der Waals surface area (Å²) in [4.78, 5) is 24.4. The lowest BCUT2D eigenvalue weighted by Crippen LogP contribution is -2.36. The normalized spacial score (nSPS) is 14.5. The van der Waals surface area contributed by atoms with Crippen LogP contribution in [0.3, 0.4) is 0 Å². The Balaban J connectivity index is 1.01. The van der Waals surface area contributed by atoms with Crippen LogP contribution in [0.4, 0.5) is 5.69 Å². The summed E-state index contributed by atoms with van der Waals surface area (Å²) >= 11 is 0. The molecular weight excluding hydrogens is 504 g/mol. The van der Waals surface area contributed by atoms with Gasteiger partial charge in [-0.05, 0) is 55.2 Å². The highest BCUT2D eigenvalue weighted by Gasteiger charge is 2.20. The number of piperidine rings is 1. The lowest BCUT2D eigenvalue weighted by Gasteiger charge is -2.31. The Morgan fingerprint density at radius 2 is 1.90 bits per heavy atom. The van der Waals surface area contributed by atoms with Gasteiger partial charge >= 0.3 is 0 Å². The second kappa shape index (κ2) is 11.8. The number of amides is 1. The third-order valence-corrected chi connectivity index (χ3v) is 7.31. The van der Waals surface area contributed by atoms with Gasteiger partial charge in [-0.3, -0.25) is 14.1 Å². The van der Waals surface area contributed by atoms with Crippen LogP contribution in [0.2, 0.25) is 0 Å². The van der Waals surface area contributed by atoms with Crippen LogP contribution in [0.25, 0.3) is 17.1 Å². The summed E-state index contributed by atoms with van der Waals surface area (Å²) < 4.78 is 13.4. The van der Waals surface area contributed by atoms with Crippen LogP contribution in [0.5, 0.6) is 0 Å². The van der Waals surface area contributed by atoms with Crippen LogP contribution in [0, 0.1) is 6.92 Å². The fourth-order valence-corrected chi connectivity index (χ4v) is 5.04. The summed E-state index contributed by atoms with van der Waals surface area (Å²) in [7, 11) is 0. The average molecular weight is 537 g/mol. The highest BCUT2D eigenvalue weighted by molar-refractivity contribution is 6.04. The number of nitrogens with one attached hydrogen (secondary N) is 1. The van der Waals surface area contributed by atoms with Crippen LogP contribution < -0.4 is 5.32 Å². The molecule has 0 aliphatic carbocycles. The number of carbonyl (C=O) groups excluding carboxylic acids is 1. The number of likely N-dealkylation sites (tertiary alicyclic amines) is 1. The Bertz CT molecular complexity index is 1590. The molecule has 0 radical (unpaired) electrons. The van der Waals surface area contributed by atoms with Crippen molar-refractivity contribution in [2.24, 2.45) is 0 Å². The van der Waals surface area contributed by atoms with Crippen LogP contribution >= 0.6 is 0 Å². The van der Waals surface area contributed by atoms with Crippen molar-refractivity contribution in [1.29, 1.82) is 0 Å². The zero-order valence-electron chi connectivity index (χ0n) is 22.5. The highest BCUT2D eigenvalue weighted by atomic mass is 16.5. The summed E-state index contributed by atoms with van der Waals surface area (Å²) in [5.41, 5.74) is 4.87. The molecule has 0 unspecified atom stereocenters. The Morgan fingerprint density at radius 3 is 2.75 bits per heavy atom. The van der Waals surface area contributed by atoms with Crippen molar-refractivity contribution < 1.29 is 14.1 Å². The molecule has 3 aromatic heterocycles. The number of benzene rings is 2. The Labute approximate surface area is 232 Å². The van der Waals surface area contributed by atoms with E-state index in [0.717, 1.165) is 43.6 Å². The molecule has 9 heteroatoms. The van der Waals surface area contributed by atoms with Gasteiger partial charge in [0.2, 0.25) is 0 Å². The molecule has 5 aromatic rings. The average Bonchev–Trinajstić information content (AvgIpc) is 3.63. The summed E-state index contributed by atoms with van der Waals surface area (Å²) in [6.45, 7) is 5.56. The molecule has 0 atom stereocenters. The fourth-order valence-electron chi connectivity index (χ4n) is 5.04. The molecule has 1 saturated heterocycles. The maximum absolute atomic E-state index is 13.0. The first-order valence-electron chi connectivity index (χ1n) is 13.7. The number of pyridine rings is 1. The standard InChI is InChI=1S/C31H32N6O3/c1-22-10-11-24(19-26(22)33-30(38)27-20-32-29-9-5-6-15-37(27)29)31-34-28(35-40-31)14-18-39-25-12-16-36(17-13-25)21-23-7-3-2-4-8-23/h2-11,15,19-20,25H,12-14,16-18,21H2,1H3,(H,33,38). The van der Waals surface area contributed by atoms with E-state index in [9.17, 15) is 4.79 Å². The molecule has 0 spiro atoms. The van der Waals surface area contributed by atoms with E-state index in [1.54, 1.807) is 10.6 Å². The summed E-state index contributed by atoms with van der Waals surface area (Å²) in [5.74, 6) is 0.774. The number of fused-ring (bicyclic) bond motifs is 1. The predicted molar refractivity (Wildman–Crippen MR) is 152 cm³/mol. The molecule has 0 bridgehead atoms. The smallest absolute Gasteiger partial charge is 0.274 e. The molecule has 204 valence electrons. The first-order valence-corrected chi connectivity index (χ1v) is 13.7. The van der Waals surface area contributed by atoms with Crippen LogP contribution in [-0.4, -0.2) is 56.1 Å². The van der Waals surface area contributed by atoms with E-state index in [4.69, 9.17) is 9.26 Å². The number of aryl methyl sites for hydroxylation is 1. The zero-order chi connectivity index (χ0) is 27.3. The molecule has 2 aromatic carbocycles. The summed E-state index contributed by atoms with van der Waals surface area (Å²) in [5, 5.41) is 7.14. The maximum atomic E-state index is 13.0. The van der Waals surface area contributed by atoms with Crippen molar-refractivity contribution in [2.45, 2.75) is 38.8 Å². The van der Waals surface area contributed by atoms with Crippen LogP contribution in [-0.2, 0) is 17.7 Å². The van der Waals surface area contributed by atoms with Crippen molar-refractivity contribution in [2.75, 3.05) is 25.0 Å². The number of ether oxygens (including phenoxy) is 1. The monoisotopic (exact) mass is 536 g/mol. The lowest BCUT2D eigenvalue weighted by atomic mass is 10.1. The van der Waals surface area contributed by atoms with E-state index in [1.165, 1.54) is 5.56 Å². The Kier molecular flexibility index (Phi) is 7.65. The number of carbonyl (C=O) groups is 1. The summed E-state index contributed by atoms with van der Waals surface area (Å²) in [6.07, 6.45) is 6.28. The van der Waals surface area contributed by atoms with Gasteiger partial charge < -0.3 is 14.6 Å². The second-order valence-corrected chi connectivity index (χ2v) is 10.2. The number of hydrogen-bond acceptors (Lipinski definition) is 7. The van der Waals surface area contributed by atoms with Gasteiger partial charge in [-0.25, -0.2) is 4.98 Å². The van der Waals surface area contributed by atoms with Crippen molar-refractivity contribution in [3.8, 4) is 11.5 Å². The first kappa shape index (κ1) is 25.9. The van der Waals surface area contributed by atoms with Crippen molar-refractivity contribution in [3.05, 3.63) is 102 Å². The van der Waals surface area contributed by atoms with E-state index in [-0.39, 0.29) is 12.0 Å².